The van der Waals surface area contributed by atoms with Gasteiger partial charge in [-0.2, -0.15) is 0 Å². The average Bonchev–Trinajstić information content (AvgIpc) is 3.20. The smallest absolute Gasteiger partial charge is 0.338 e. The molecule has 11 atom stereocenters. The molecule has 0 aromatic heterocycles. The van der Waals surface area contributed by atoms with Crippen LogP contribution in [0.1, 0.15) is 64.7 Å². The molecule has 1 aromatic carbocycles. The van der Waals surface area contributed by atoms with E-state index in [1.807, 2.05) is 6.92 Å². The van der Waals surface area contributed by atoms with Crippen LogP contribution < -0.4 is 0 Å². The first-order chi connectivity index (χ1) is 21.1. The van der Waals surface area contributed by atoms with Crippen LogP contribution in [-0.4, -0.2) is 88.8 Å². The summed E-state index contributed by atoms with van der Waals surface area (Å²) in [6.45, 7) is 13.2. The summed E-state index contributed by atoms with van der Waals surface area (Å²) in [4.78, 5) is 39.8. The molecule has 0 bridgehead atoms. The molecule has 11 heteroatoms. The molecule has 244 valence electrons. The van der Waals surface area contributed by atoms with Crippen molar-refractivity contribution in [3.63, 3.8) is 0 Å². The molecule has 3 aliphatic carbocycles. The van der Waals surface area contributed by atoms with Gasteiger partial charge in [0.2, 0.25) is 0 Å². The molecule has 2 aliphatic heterocycles. The lowest BCUT2D eigenvalue weighted by Gasteiger charge is -2.67. The summed E-state index contributed by atoms with van der Waals surface area (Å²) in [5, 5.41) is 23.9. The minimum Gasteiger partial charge on any atom is -0.457 e. The minimum absolute atomic E-state index is 0.0119. The second-order valence-electron chi connectivity index (χ2n) is 13.8. The van der Waals surface area contributed by atoms with Gasteiger partial charge in [-0.25, -0.2) is 4.79 Å². The Morgan fingerprint density at radius 3 is 2.31 bits per heavy atom. The van der Waals surface area contributed by atoms with Crippen molar-refractivity contribution >= 4 is 17.9 Å². The summed E-state index contributed by atoms with van der Waals surface area (Å²) in [5.74, 6) is -2.77. The van der Waals surface area contributed by atoms with Gasteiger partial charge in [-0.1, -0.05) is 31.7 Å². The molecule has 0 spiro atoms. The van der Waals surface area contributed by atoms with Crippen LogP contribution in [-0.2, 0) is 38.0 Å². The lowest BCUT2D eigenvalue weighted by Crippen LogP contribution is -2.80. The van der Waals surface area contributed by atoms with Crippen molar-refractivity contribution in [2.24, 2.45) is 16.7 Å². The van der Waals surface area contributed by atoms with Gasteiger partial charge in [-0.3, -0.25) is 9.59 Å². The number of aliphatic hydroxyl groups excluding tert-OH is 1. The first-order valence-corrected chi connectivity index (χ1v) is 15.4. The van der Waals surface area contributed by atoms with Crippen LogP contribution in [0, 0.1) is 16.7 Å². The number of carbonyl (C=O) groups is 3. The van der Waals surface area contributed by atoms with Gasteiger partial charge in [-0.15, -0.1) is 0 Å². The molecule has 0 radical (unpaired) electrons. The molecule has 2 heterocycles. The summed E-state index contributed by atoms with van der Waals surface area (Å²) in [5.41, 5.74) is -4.58. The van der Waals surface area contributed by atoms with E-state index in [4.69, 9.17) is 28.4 Å². The van der Waals surface area contributed by atoms with Crippen molar-refractivity contribution in [3.8, 4) is 0 Å². The zero-order valence-corrected chi connectivity index (χ0v) is 26.5. The highest BCUT2D eigenvalue weighted by molar-refractivity contribution is 5.89. The number of carbonyl (C=O) groups excluding carboxylic acids is 3. The third-order valence-electron chi connectivity index (χ3n) is 11.0. The quantitative estimate of drug-likeness (QED) is 0.273. The highest BCUT2D eigenvalue weighted by Crippen LogP contribution is 2.69. The third kappa shape index (κ3) is 4.46. The van der Waals surface area contributed by atoms with Gasteiger partial charge in [0.05, 0.1) is 41.3 Å². The van der Waals surface area contributed by atoms with Gasteiger partial charge < -0.3 is 38.6 Å². The first kappa shape index (κ1) is 31.9. The lowest BCUT2D eigenvalue weighted by molar-refractivity contribution is -0.392. The molecule has 0 amide bonds. The highest BCUT2D eigenvalue weighted by Gasteiger charge is 2.80. The monoisotopic (exact) mass is 626 g/mol. The fraction of sp³-hybridized carbons (Fsp3) is 0.618. The number of esters is 3. The van der Waals surface area contributed by atoms with Crippen molar-refractivity contribution in [1.29, 1.82) is 0 Å². The summed E-state index contributed by atoms with van der Waals surface area (Å²) in [7, 11) is 0. The predicted octanol–water partition coefficient (Wildman–Crippen LogP) is 3.02. The maximum atomic E-state index is 14.1. The van der Waals surface area contributed by atoms with Crippen molar-refractivity contribution in [2.75, 3.05) is 6.61 Å². The average molecular weight is 627 g/mol. The van der Waals surface area contributed by atoms with Crippen LogP contribution in [0.2, 0.25) is 0 Å². The number of hydrogen-bond donors (Lipinski definition) is 2. The Morgan fingerprint density at radius 2 is 1.76 bits per heavy atom. The van der Waals surface area contributed by atoms with Crippen LogP contribution in [0.4, 0.5) is 0 Å². The Morgan fingerprint density at radius 1 is 1.07 bits per heavy atom. The van der Waals surface area contributed by atoms with E-state index in [1.165, 1.54) is 19.9 Å². The molecule has 11 nitrogen and oxygen atoms in total. The Bertz CT molecular complexity index is 1430. The molecule has 5 aliphatic rings. The fourth-order valence-corrected chi connectivity index (χ4v) is 9.10. The summed E-state index contributed by atoms with van der Waals surface area (Å²) >= 11 is 0. The fourth-order valence-electron chi connectivity index (χ4n) is 9.10. The van der Waals surface area contributed by atoms with E-state index < -0.39 is 88.8 Å². The van der Waals surface area contributed by atoms with Gasteiger partial charge in [-0.05, 0) is 56.5 Å². The molecule has 1 aromatic rings. The zero-order valence-electron chi connectivity index (χ0n) is 26.5. The highest BCUT2D eigenvalue weighted by atomic mass is 16.7. The minimum atomic E-state index is -1.69. The normalized spacial score (nSPS) is 41.8. The molecule has 2 N–H and O–H groups in total. The molecule has 4 fully saturated rings. The molecular formula is C34H42O11. The van der Waals surface area contributed by atoms with Gasteiger partial charge >= 0.3 is 17.9 Å². The SMILES string of the molecule is C=C[C@@H]1O[C@H]2C[C@H]3OC[C@@]3(OC(C)=O)[C@H]3[C@H](OC(=O)c4ccccc4)C4(C(C)(C)O)C[C@H](O)C(C)=C4[C@H](OC(C)=O)[C@H](O1)[C@]23C. The van der Waals surface area contributed by atoms with Crippen molar-refractivity contribution < 1.29 is 53.0 Å². The van der Waals surface area contributed by atoms with Crippen LogP contribution >= 0.6 is 0 Å². The Balaban J connectivity index is 1.70. The number of aliphatic hydroxyl groups is 2. The van der Waals surface area contributed by atoms with Crippen LogP contribution in [0.15, 0.2) is 54.1 Å². The Hall–Kier alpha value is -3.09. The maximum absolute atomic E-state index is 14.1. The molecule has 2 saturated carbocycles. The van der Waals surface area contributed by atoms with Gasteiger partial charge in [0.15, 0.2) is 18.0 Å². The topological polar surface area (TPSA) is 147 Å². The lowest BCUT2D eigenvalue weighted by atomic mass is 9.49. The Labute approximate surface area is 262 Å². The second-order valence-corrected chi connectivity index (χ2v) is 13.8. The van der Waals surface area contributed by atoms with E-state index in [0.717, 1.165) is 0 Å². The van der Waals surface area contributed by atoms with Crippen molar-refractivity contribution in [1.82, 2.24) is 0 Å². The van der Waals surface area contributed by atoms with E-state index in [0.29, 0.717) is 17.6 Å². The van der Waals surface area contributed by atoms with E-state index in [2.05, 4.69) is 6.58 Å². The van der Waals surface area contributed by atoms with Crippen molar-refractivity contribution in [3.05, 3.63) is 59.7 Å². The van der Waals surface area contributed by atoms with E-state index in [9.17, 15) is 24.6 Å². The van der Waals surface area contributed by atoms with E-state index in [-0.39, 0.29) is 18.6 Å². The largest absolute Gasteiger partial charge is 0.457 e. The molecule has 1 unspecified atom stereocenters. The molecule has 6 rings (SSSR count). The number of ether oxygens (including phenoxy) is 6. The van der Waals surface area contributed by atoms with Crippen LogP contribution in [0.5, 0.6) is 0 Å². The third-order valence-corrected chi connectivity index (χ3v) is 11.0. The second kappa shape index (κ2) is 10.7. The summed E-state index contributed by atoms with van der Waals surface area (Å²) in [6, 6.07) is 8.44. The van der Waals surface area contributed by atoms with Gasteiger partial charge in [0, 0.05) is 25.7 Å². The van der Waals surface area contributed by atoms with Crippen LogP contribution in [0.3, 0.4) is 0 Å². The van der Waals surface area contributed by atoms with Crippen LogP contribution in [0.25, 0.3) is 0 Å². The Kier molecular flexibility index (Phi) is 7.60. The summed E-state index contributed by atoms with van der Waals surface area (Å²) in [6.07, 6.45) is -4.87. The maximum Gasteiger partial charge on any atom is 0.338 e. The standard InChI is InChI=1S/C34H42O11/c1-8-24-42-22-14-23-34(16-40-23,45-19(4)36)27-29(44-30(38)20-12-10-9-11-13-20)33(31(5,6)39)15-21(37)17(2)25(33)26(41-18(3)35)28(43-24)32(22,27)7/h8-13,21-24,26-29,37,39H,1,14-16H2,2-7H3/t21-,22-,23+,24+,26-,27-,28-,29-,32+,33?,34-/m0/s1. The number of rotatable bonds is 6. The van der Waals surface area contributed by atoms with Gasteiger partial charge in [0.25, 0.3) is 0 Å². The van der Waals surface area contributed by atoms with E-state index >= 15 is 0 Å². The van der Waals surface area contributed by atoms with Gasteiger partial charge in [0.1, 0.15) is 18.3 Å². The predicted molar refractivity (Wildman–Crippen MR) is 157 cm³/mol. The number of hydrogen-bond acceptors (Lipinski definition) is 11. The van der Waals surface area contributed by atoms with E-state index in [1.54, 1.807) is 51.1 Å². The summed E-state index contributed by atoms with van der Waals surface area (Å²) < 4.78 is 38.1. The molecular weight excluding hydrogens is 584 g/mol. The molecule has 2 saturated heterocycles. The zero-order chi connectivity index (χ0) is 32.7. The number of fused-ring (bicyclic) bond motifs is 3. The van der Waals surface area contributed by atoms with Crippen molar-refractivity contribution in [2.45, 2.75) is 108 Å². The number of benzene rings is 1. The molecule has 45 heavy (non-hydrogen) atoms. The first-order valence-electron chi connectivity index (χ1n) is 15.4.